The molecule has 1 amide bonds. The molecule has 0 spiro atoms. The Hall–Kier alpha value is -1.59. The van der Waals surface area contributed by atoms with E-state index in [0.29, 0.717) is 13.1 Å². The van der Waals surface area contributed by atoms with Crippen LogP contribution in [0, 0.1) is 0 Å². The van der Waals surface area contributed by atoms with Crippen molar-refractivity contribution in [2.24, 2.45) is 5.73 Å². The topological polar surface area (TPSA) is 58.8 Å². The van der Waals surface area contributed by atoms with E-state index in [2.05, 4.69) is 0 Å². The highest BCUT2D eigenvalue weighted by atomic mass is 16.5. The van der Waals surface area contributed by atoms with E-state index in [-0.39, 0.29) is 11.9 Å². The maximum absolute atomic E-state index is 12.2. The summed E-state index contributed by atoms with van der Waals surface area (Å²) in [7, 11) is 3.57. The van der Waals surface area contributed by atoms with Crippen LogP contribution in [0.3, 0.4) is 0 Å². The van der Waals surface area contributed by atoms with Gasteiger partial charge in [-0.15, -0.1) is 0 Å². The molecule has 1 rings (SSSR count). The molecule has 0 fully saturated rings. The van der Waals surface area contributed by atoms with Gasteiger partial charge >= 0.3 is 0 Å². The molecule has 0 saturated heterocycles. The smallest absolute Gasteiger partial charge is 0.236 e. The number of rotatable bonds is 8. The number of carbonyl (C=O) groups is 1. The van der Waals surface area contributed by atoms with Crippen LogP contribution < -0.4 is 10.5 Å². The SMILES string of the molecule is CCN(CC)C(=O)CN(C)C(CN)c1ccccc1OC. The quantitative estimate of drug-likeness (QED) is 0.789. The lowest BCUT2D eigenvalue weighted by molar-refractivity contribution is -0.132. The van der Waals surface area contributed by atoms with E-state index in [9.17, 15) is 4.79 Å². The van der Waals surface area contributed by atoms with Crippen LogP contribution in [0.15, 0.2) is 24.3 Å². The fourth-order valence-corrected chi connectivity index (χ4v) is 2.49. The highest BCUT2D eigenvalue weighted by Gasteiger charge is 2.22. The zero-order valence-electron chi connectivity index (χ0n) is 13.5. The second kappa shape index (κ2) is 8.64. The molecular formula is C16H27N3O2. The fourth-order valence-electron chi connectivity index (χ4n) is 2.49. The molecule has 0 radical (unpaired) electrons. The maximum atomic E-state index is 12.2. The summed E-state index contributed by atoms with van der Waals surface area (Å²) in [5.41, 5.74) is 6.94. The van der Waals surface area contributed by atoms with Crippen molar-refractivity contribution in [3.8, 4) is 5.75 Å². The molecule has 5 heteroatoms. The Morgan fingerprint density at radius 1 is 1.29 bits per heavy atom. The third kappa shape index (κ3) is 4.44. The lowest BCUT2D eigenvalue weighted by Crippen LogP contribution is -2.41. The molecule has 0 aliphatic carbocycles. The first-order valence-corrected chi connectivity index (χ1v) is 7.39. The first-order valence-electron chi connectivity index (χ1n) is 7.39. The number of likely N-dealkylation sites (N-methyl/N-ethyl adjacent to an activating group) is 2. The van der Waals surface area contributed by atoms with Crippen molar-refractivity contribution >= 4 is 5.91 Å². The second-order valence-corrected chi connectivity index (χ2v) is 4.97. The van der Waals surface area contributed by atoms with Gasteiger partial charge in [-0.3, -0.25) is 9.69 Å². The van der Waals surface area contributed by atoms with E-state index >= 15 is 0 Å². The fraction of sp³-hybridized carbons (Fsp3) is 0.562. The molecule has 0 aliphatic heterocycles. The molecule has 0 saturated carbocycles. The molecule has 0 aromatic heterocycles. The van der Waals surface area contributed by atoms with Crippen LogP contribution in [0.2, 0.25) is 0 Å². The first kappa shape index (κ1) is 17.5. The molecule has 1 aromatic rings. The van der Waals surface area contributed by atoms with E-state index in [4.69, 9.17) is 10.5 Å². The van der Waals surface area contributed by atoms with Crippen molar-refractivity contribution in [1.82, 2.24) is 9.80 Å². The van der Waals surface area contributed by atoms with Crippen LogP contribution in [0.4, 0.5) is 0 Å². The molecule has 0 heterocycles. The van der Waals surface area contributed by atoms with E-state index in [1.165, 1.54) is 0 Å². The maximum Gasteiger partial charge on any atom is 0.236 e. The second-order valence-electron chi connectivity index (χ2n) is 4.97. The molecule has 118 valence electrons. The summed E-state index contributed by atoms with van der Waals surface area (Å²) < 4.78 is 5.40. The number of amides is 1. The summed E-state index contributed by atoms with van der Waals surface area (Å²) in [6.45, 7) is 6.21. The number of hydrogen-bond acceptors (Lipinski definition) is 4. The standard InChI is InChI=1S/C16H27N3O2/c1-5-19(6-2)16(20)12-18(3)14(11-17)13-9-7-8-10-15(13)21-4/h7-10,14H,5-6,11-12,17H2,1-4H3. The van der Waals surface area contributed by atoms with E-state index in [0.717, 1.165) is 24.4 Å². The third-order valence-electron chi connectivity index (χ3n) is 3.75. The van der Waals surface area contributed by atoms with Crippen molar-refractivity contribution in [2.45, 2.75) is 19.9 Å². The van der Waals surface area contributed by atoms with Crippen molar-refractivity contribution in [2.75, 3.05) is 40.3 Å². The molecule has 0 aliphatic rings. The lowest BCUT2D eigenvalue weighted by Gasteiger charge is -2.30. The molecule has 5 nitrogen and oxygen atoms in total. The van der Waals surface area contributed by atoms with Gasteiger partial charge in [0, 0.05) is 25.2 Å². The average molecular weight is 293 g/mol. The van der Waals surface area contributed by atoms with Crippen LogP contribution in [0.25, 0.3) is 0 Å². The Balaban J connectivity index is 2.86. The molecule has 1 aromatic carbocycles. The summed E-state index contributed by atoms with van der Waals surface area (Å²) in [6.07, 6.45) is 0. The van der Waals surface area contributed by atoms with Gasteiger partial charge in [0.2, 0.25) is 5.91 Å². The number of methoxy groups -OCH3 is 1. The number of benzene rings is 1. The Morgan fingerprint density at radius 3 is 2.43 bits per heavy atom. The summed E-state index contributed by atoms with van der Waals surface area (Å²) >= 11 is 0. The summed E-state index contributed by atoms with van der Waals surface area (Å²) in [5, 5.41) is 0. The number of hydrogen-bond donors (Lipinski definition) is 1. The van der Waals surface area contributed by atoms with Gasteiger partial charge in [0.25, 0.3) is 0 Å². The number of nitrogens with zero attached hydrogens (tertiary/aromatic N) is 2. The normalized spacial score (nSPS) is 12.3. The summed E-state index contributed by atoms with van der Waals surface area (Å²) in [4.78, 5) is 16.0. The largest absolute Gasteiger partial charge is 0.496 e. The Kier molecular flexibility index (Phi) is 7.19. The number of para-hydroxylation sites is 1. The zero-order chi connectivity index (χ0) is 15.8. The Morgan fingerprint density at radius 2 is 1.90 bits per heavy atom. The van der Waals surface area contributed by atoms with Crippen LogP contribution in [0.1, 0.15) is 25.5 Å². The lowest BCUT2D eigenvalue weighted by atomic mass is 10.0. The Labute approximate surface area is 127 Å². The van der Waals surface area contributed by atoms with Crippen molar-refractivity contribution in [1.29, 1.82) is 0 Å². The average Bonchev–Trinajstić information content (AvgIpc) is 2.49. The van der Waals surface area contributed by atoms with Crippen molar-refractivity contribution in [3.63, 3.8) is 0 Å². The highest BCUT2D eigenvalue weighted by Crippen LogP contribution is 2.27. The first-order chi connectivity index (χ1) is 10.1. The minimum absolute atomic E-state index is 0.0411. The summed E-state index contributed by atoms with van der Waals surface area (Å²) in [5.74, 6) is 0.922. The van der Waals surface area contributed by atoms with Gasteiger partial charge < -0.3 is 15.4 Å². The van der Waals surface area contributed by atoms with Gasteiger partial charge in [-0.25, -0.2) is 0 Å². The van der Waals surface area contributed by atoms with Gasteiger partial charge in [-0.1, -0.05) is 18.2 Å². The zero-order valence-corrected chi connectivity index (χ0v) is 13.5. The van der Waals surface area contributed by atoms with E-state index < -0.39 is 0 Å². The third-order valence-corrected chi connectivity index (χ3v) is 3.75. The van der Waals surface area contributed by atoms with Crippen LogP contribution in [-0.4, -0.2) is 56.0 Å². The molecule has 21 heavy (non-hydrogen) atoms. The predicted octanol–water partition coefficient (Wildman–Crippen LogP) is 1.50. The minimum atomic E-state index is -0.0411. The van der Waals surface area contributed by atoms with Gasteiger partial charge in [-0.05, 0) is 27.0 Å². The number of nitrogens with two attached hydrogens (primary N) is 1. The molecule has 2 N–H and O–H groups in total. The monoisotopic (exact) mass is 293 g/mol. The molecule has 1 atom stereocenters. The minimum Gasteiger partial charge on any atom is -0.496 e. The summed E-state index contributed by atoms with van der Waals surface area (Å²) in [6, 6.07) is 7.75. The van der Waals surface area contributed by atoms with E-state index in [1.807, 2.05) is 55.0 Å². The van der Waals surface area contributed by atoms with E-state index in [1.54, 1.807) is 7.11 Å². The van der Waals surface area contributed by atoms with Crippen molar-refractivity contribution in [3.05, 3.63) is 29.8 Å². The van der Waals surface area contributed by atoms with Gasteiger partial charge in [0.05, 0.1) is 19.7 Å². The molecule has 1 unspecified atom stereocenters. The van der Waals surface area contributed by atoms with Gasteiger partial charge in [-0.2, -0.15) is 0 Å². The van der Waals surface area contributed by atoms with Crippen LogP contribution >= 0.6 is 0 Å². The predicted molar refractivity (Wildman–Crippen MR) is 85.3 cm³/mol. The number of carbonyl (C=O) groups excluding carboxylic acids is 1. The molecule has 0 bridgehead atoms. The molecular weight excluding hydrogens is 266 g/mol. The Bertz CT molecular complexity index is 447. The highest BCUT2D eigenvalue weighted by molar-refractivity contribution is 5.78. The van der Waals surface area contributed by atoms with Crippen molar-refractivity contribution < 1.29 is 9.53 Å². The van der Waals surface area contributed by atoms with Crippen LogP contribution in [0.5, 0.6) is 5.75 Å². The van der Waals surface area contributed by atoms with Gasteiger partial charge in [0.15, 0.2) is 0 Å². The van der Waals surface area contributed by atoms with Crippen LogP contribution in [-0.2, 0) is 4.79 Å². The number of ether oxygens (including phenoxy) is 1. The van der Waals surface area contributed by atoms with Gasteiger partial charge in [0.1, 0.15) is 5.75 Å².